The van der Waals surface area contributed by atoms with E-state index in [0.717, 1.165) is 33.8 Å². The van der Waals surface area contributed by atoms with Crippen molar-refractivity contribution < 1.29 is 22.1 Å². The summed E-state index contributed by atoms with van der Waals surface area (Å²) in [4.78, 5) is 17.1. The van der Waals surface area contributed by atoms with Gasteiger partial charge in [0.1, 0.15) is 11.9 Å². The van der Waals surface area contributed by atoms with Gasteiger partial charge in [-0.05, 0) is 43.7 Å². The summed E-state index contributed by atoms with van der Waals surface area (Å²) in [6.07, 6.45) is 1.20. The second kappa shape index (κ2) is 9.25. The van der Waals surface area contributed by atoms with Gasteiger partial charge in [0.25, 0.3) is 0 Å². The SMILES string of the molecule is CC[C@H](C(=O)NCc1nc(-c2cccc(C)c2)no1)N(c1ccc(F)cc1)S(C)(=O)=O. The van der Waals surface area contributed by atoms with Crippen LogP contribution in [0.25, 0.3) is 11.4 Å². The van der Waals surface area contributed by atoms with Crippen molar-refractivity contribution in [2.45, 2.75) is 32.9 Å². The topological polar surface area (TPSA) is 105 Å². The van der Waals surface area contributed by atoms with E-state index in [0.29, 0.717) is 5.82 Å². The number of hydrogen-bond acceptors (Lipinski definition) is 6. The number of hydrogen-bond donors (Lipinski definition) is 1. The molecule has 1 aromatic heterocycles. The average molecular weight is 447 g/mol. The molecule has 0 aliphatic carbocycles. The van der Waals surface area contributed by atoms with Crippen LogP contribution < -0.4 is 9.62 Å². The number of anilines is 1. The number of nitrogens with zero attached hydrogens (tertiary/aromatic N) is 3. The van der Waals surface area contributed by atoms with E-state index in [4.69, 9.17) is 4.52 Å². The first-order valence-corrected chi connectivity index (χ1v) is 11.5. The second-order valence-electron chi connectivity index (χ2n) is 7.06. The van der Waals surface area contributed by atoms with Gasteiger partial charge in [0.2, 0.25) is 27.6 Å². The van der Waals surface area contributed by atoms with Gasteiger partial charge in [0.05, 0.1) is 18.5 Å². The highest BCUT2D eigenvalue weighted by Gasteiger charge is 2.31. The molecule has 0 unspecified atom stereocenters. The van der Waals surface area contributed by atoms with Gasteiger partial charge in [-0.3, -0.25) is 9.10 Å². The van der Waals surface area contributed by atoms with Crippen molar-refractivity contribution >= 4 is 21.6 Å². The molecule has 0 fully saturated rings. The van der Waals surface area contributed by atoms with E-state index in [2.05, 4.69) is 15.5 Å². The van der Waals surface area contributed by atoms with Gasteiger partial charge in [0.15, 0.2) is 0 Å². The average Bonchev–Trinajstić information content (AvgIpc) is 3.19. The maximum Gasteiger partial charge on any atom is 0.246 e. The molecule has 0 bridgehead atoms. The molecule has 10 heteroatoms. The number of rotatable bonds is 8. The molecular weight excluding hydrogens is 423 g/mol. The quantitative estimate of drug-likeness (QED) is 0.570. The van der Waals surface area contributed by atoms with Gasteiger partial charge in [-0.15, -0.1) is 0 Å². The molecular formula is C21H23FN4O4S. The number of nitrogens with one attached hydrogen (secondary N) is 1. The molecule has 0 aliphatic heterocycles. The van der Waals surface area contributed by atoms with Crippen LogP contribution in [-0.4, -0.2) is 36.8 Å². The van der Waals surface area contributed by atoms with Crippen LogP contribution in [0.15, 0.2) is 53.1 Å². The Morgan fingerprint density at radius 3 is 2.55 bits per heavy atom. The molecule has 1 atom stereocenters. The summed E-state index contributed by atoms with van der Waals surface area (Å²) in [6.45, 7) is 3.58. The van der Waals surface area contributed by atoms with E-state index < -0.39 is 27.8 Å². The fourth-order valence-electron chi connectivity index (χ4n) is 3.16. The minimum Gasteiger partial charge on any atom is -0.345 e. The summed E-state index contributed by atoms with van der Waals surface area (Å²) in [7, 11) is -3.81. The highest BCUT2D eigenvalue weighted by Crippen LogP contribution is 2.23. The monoisotopic (exact) mass is 446 g/mol. The first-order chi connectivity index (χ1) is 14.7. The number of halogens is 1. The number of sulfonamides is 1. The van der Waals surface area contributed by atoms with Crippen LogP contribution >= 0.6 is 0 Å². The van der Waals surface area contributed by atoms with Crippen molar-refractivity contribution in [3.05, 3.63) is 65.8 Å². The number of aryl methyl sites for hydroxylation is 1. The van der Waals surface area contributed by atoms with Crippen molar-refractivity contribution in [3.63, 3.8) is 0 Å². The fraction of sp³-hybridized carbons (Fsp3) is 0.286. The van der Waals surface area contributed by atoms with Gasteiger partial charge in [0, 0.05) is 5.56 Å². The molecule has 0 saturated heterocycles. The predicted octanol–water partition coefficient (Wildman–Crippen LogP) is 3.05. The fourth-order valence-corrected chi connectivity index (χ4v) is 4.37. The molecule has 1 heterocycles. The first kappa shape index (κ1) is 22.4. The van der Waals surface area contributed by atoms with Crippen molar-refractivity contribution in [2.75, 3.05) is 10.6 Å². The minimum atomic E-state index is -3.81. The Kier molecular flexibility index (Phi) is 6.69. The zero-order chi connectivity index (χ0) is 22.6. The number of carbonyl (C=O) groups is 1. The molecule has 3 rings (SSSR count). The lowest BCUT2D eigenvalue weighted by atomic mass is 10.1. The lowest BCUT2D eigenvalue weighted by molar-refractivity contribution is -0.122. The van der Waals surface area contributed by atoms with Gasteiger partial charge >= 0.3 is 0 Å². The van der Waals surface area contributed by atoms with Crippen LogP contribution in [-0.2, 0) is 21.4 Å². The lowest BCUT2D eigenvalue weighted by Gasteiger charge is -2.29. The van der Waals surface area contributed by atoms with Crippen LogP contribution in [0.3, 0.4) is 0 Å². The summed E-state index contributed by atoms with van der Waals surface area (Å²) >= 11 is 0. The molecule has 1 N–H and O–H groups in total. The molecule has 1 amide bonds. The Labute approximate surface area is 180 Å². The van der Waals surface area contributed by atoms with Crippen LogP contribution in [0.2, 0.25) is 0 Å². The summed E-state index contributed by atoms with van der Waals surface area (Å²) < 4.78 is 44.2. The third-order valence-electron chi connectivity index (χ3n) is 4.57. The van der Waals surface area contributed by atoms with E-state index in [1.807, 2.05) is 31.2 Å². The number of aromatic nitrogens is 2. The number of carbonyl (C=O) groups excluding carboxylic acids is 1. The largest absolute Gasteiger partial charge is 0.345 e. The Morgan fingerprint density at radius 2 is 1.94 bits per heavy atom. The first-order valence-electron chi connectivity index (χ1n) is 9.61. The Hall–Kier alpha value is -3.27. The van der Waals surface area contributed by atoms with Crippen LogP contribution in [0, 0.1) is 12.7 Å². The summed E-state index contributed by atoms with van der Waals surface area (Å²) in [5, 5.41) is 6.57. The number of benzene rings is 2. The third kappa shape index (κ3) is 5.46. The Balaban J connectivity index is 1.75. The Morgan fingerprint density at radius 1 is 1.23 bits per heavy atom. The number of amides is 1. The molecule has 0 saturated carbocycles. The smallest absolute Gasteiger partial charge is 0.246 e. The molecule has 0 spiro atoms. The summed E-state index contributed by atoms with van der Waals surface area (Å²) in [6, 6.07) is 11.5. The summed E-state index contributed by atoms with van der Waals surface area (Å²) in [5.74, 6) is -0.459. The normalized spacial score (nSPS) is 12.4. The zero-order valence-corrected chi connectivity index (χ0v) is 18.2. The van der Waals surface area contributed by atoms with Crippen molar-refractivity contribution in [1.82, 2.24) is 15.5 Å². The maximum atomic E-state index is 13.3. The van der Waals surface area contributed by atoms with Crippen molar-refractivity contribution in [2.24, 2.45) is 0 Å². The zero-order valence-electron chi connectivity index (χ0n) is 17.4. The molecule has 164 valence electrons. The van der Waals surface area contributed by atoms with E-state index >= 15 is 0 Å². The standard InChI is InChI=1S/C21H23FN4O4S/c1-4-18(26(31(3,28)29)17-10-8-16(22)9-11-17)21(27)23-13-19-24-20(25-30-19)15-7-5-6-14(2)12-15/h5-12,18H,4,13H2,1-3H3,(H,23,27)/t18-/m1/s1. The molecule has 3 aromatic rings. The van der Waals surface area contributed by atoms with E-state index in [1.165, 1.54) is 12.1 Å². The van der Waals surface area contributed by atoms with Gasteiger partial charge < -0.3 is 9.84 Å². The van der Waals surface area contributed by atoms with Crippen LogP contribution in [0.1, 0.15) is 24.8 Å². The van der Waals surface area contributed by atoms with E-state index in [9.17, 15) is 17.6 Å². The van der Waals surface area contributed by atoms with Crippen molar-refractivity contribution in [1.29, 1.82) is 0 Å². The predicted molar refractivity (Wildman–Crippen MR) is 114 cm³/mol. The van der Waals surface area contributed by atoms with Gasteiger partial charge in [-0.25, -0.2) is 12.8 Å². The highest BCUT2D eigenvalue weighted by atomic mass is 32.2. The third-order valence-corrected chi connectivity index (χ3v) is 5.75. The van der Waals surface area contributed by atoms with Crippen molar-refractivity contribution in [3.8, 4) is 11.4 Å². The Bertz CT molecular complexity index is 1160. The summed E-state index contributed by atoms with van der Waals surface area (Å²) in [5.41, 5.74) is 2.03. The molecule has 31 heavy (non-hydrogen) atoms. The van der Waals surface area contributed by atoms with E-state index in [1.54, 1.807) is 6.92 Å². The van der Waals surface area contributed by atoms with Gasteiger partial charge in [-0.2, -0.15) is 4.98 Å². The molecule has 8 nitrogen and oxygen atoms in total. The highest BCUT2D eigenvalue weighted by molar-refractivity contribution is 7.92. The van der Waals surface area contributed by atoms with Crippen LogP contribution in [0.5, 0.6) is 0 Å². The van der Waals surface area contributed by atoms with E-state index in [-0.39, 0.29) is 24.5 Å². The second-order valence-corrected chi connectivity index (χ2v) is 8.92. The molecule has 0 radical (unpaired) electrons. The molecule has 0 aliphatic rings. The van der Waals surface area contributed by atoms with Crippen LogP contribution in [0.4, 0.5) is 10.1 Å². The van der Waals surface area contributed by atoms with Gasteiger partial charge in [-0.1, -0.05) is 35.8 Å². The molecule has 2 aromatic carbocycles. The lowest BCUT2D eigenvalue weighted by Crippen LogP contribution is -2.49. The minimum absolute atomic E-state index is 0.0603. The maximum absolute atomic E-state index is 13.3.